The second-order valence-electron chi connectivity index (χ2n) is 5.54. The maximum Gasteiger partial charge on any atom is 0.191 e. The molecule has 0 fully saturated rings. The van der Waals surface area contributed by atoms with E-state index >= 15 is 0 Å². The van der Waals surface area contributed by atoms with Gasteiger partial charge in [0, 0.05) is 31.4 Å². The Labute approximate surface area is 128 Å². The van der Waals surface area contributed by atoms with E-state index in [1.807, 2.05) is 0 Å². The van der Waals surface area contributed by atoms with E-state index in [9.17, 15) is 0 Å². The second-order valence-corrected chi connectivity index (χ2v) is 5.54. The lowest BCUT2D eigenvalue weighted by Gasteiger charge is -2.18. The molecule has 2 rings (SSSR count). The first-order valence-corrected chi connectivity index (χ1v) is 7.72. The van der Waals surface area contributed by atoms with Crippen LogP contribution in [0.4, 0.5) is 5.69 Å². The minimum absolute atomic E-state index is 0.379. The normalized spacial score (nSPS) is 14.9. The summed E-state index contributed by atoms with van der Waals surface area (Å²) in [5, 5.41) is 6.61. The van der Waals surface area contributed by atoms with E-state index in [-0.39, 0.29) is 0 Å². The number of aliphatic imine (C=N–C) groups is 1. The molecule has 4 nitrogen and oxygen atoms in total. The molecule has 0 saturated heterocycles. The Morgan fingerprint density at radius 1 is 1.29 bits per heavy atom. The van der Waals surface area contributed by atoms with Crippen LogP contribution >= 0.6 is 0 Å². The summed E-state index contributed by atoms with van der Waals surface area (Å²) in [6.07, 6.45) is 4.42. The number of nitrogens with zero attached hydrogens (tertiary/aromatic N) is 2. The molecule has 21 heavy (non-hydrogen) atoms. The molecule has 114 valence electrons. The third-order valence-corrected chi connectivity index (χ3v) is 3.28. The summed E-state index contributed by atoms with van der Waals surface area (Å²) in [6, 6.07) is 9.02. The van der Waals surface area contributed by atoms with Gasteiger partial charge < -0.3 is 15.5 Å². The second kappa shape index (κ2) is 7.72. The van der Waals surface area contributed by atoms with Crippen LogP contribution in [0, 0.1) is 0 Å². The van der Waals surface area contributed by atoms with Crippen molar-refractivity contribution in [1.29, 1.82) is 0 Å². The molecule has 0 bridgehead atoms. The molecule has 2 N–H and O–H groups in total. The zero-order valence-corrected chi connectivity index (χ0v) is 13.3. The van der Waals surface area contributed by atoms with Crippen molar-refractivity contribution in [1.82, 2.24) is 10.6 Å². The van der Waals surface area contributed by atoms with Gasteiger partial charge in [-0.15, -0.1) is 0 Å². The third kappa shape index (κ3) is 4.81. The lowest BCUT2D eigenvalue weighted by molar-refractivity contribution is 0.700. The molecule has 0 aromatic heterocycles. The number of benzene rings is 1. The Morgan fingerprint density at radius 3 is 2.71 bits per heavy atom. The van der Waals surface area contributed by atoms with Crippen LogP contribution in [0.1, 0.15) is 26.3 Å². The largest absolute Gasteiger partial charge is 0.364 e. The maximum atomic E-state index is 4.65. The molecule has 0 spiro atoms. The first-order valence-electron chi connectivity index (χ1n) is 7.72. The van der Waals surface area contributed by atoms with Crippen molar-refractivity contribution < 1.29 is 0 Å². The van der Waals surface area contributed by atoms with Crippen LogP contribution in [0.15, 0.2) is 41.4 Å². The van der Waals surface area contributed by atoms with Crippen LogP contribution in [-0.4, -0.2) is 31.6 Å². The molecule has 1 aliphatic heterocycles. The van der Waals surface area contributed by atoms with Crippen LogP contribution in [0.3, 0.4) is 0 Å². The van der Waals surface area contributed by atoms with Gasteiger partial charge in [0.1, 0.15) is 0 Å². The highest BCUT2D eigenvalue weighted by molar-refractivity contribution is 5.80. The molecule has 0 atom stereocenters. The van der Waals surface area contributed by atoms with Crippen LogP contribution in [0.5, 0.6) is 0 Å². The van der Waals surface area contributed by atoms with Crippen molar-refractivity contribution >= 4 is 11.6 Å². The molecule has 1 aromatic rings. The smallest absolute Gasteiger partial charge is 0.191 e. The van der Waals surface area contributed by atoms with Gasteiger partial charge in [-0.1, -0.05) is 24.3 Å². The van der Waals surface area contributed by atoms with Gasteiger partial charge in [0.15, 0.2) is 5.96 Å². The van der Waals surface area contributed by atoms with Crippen molar-refractivity contribution in [3.63, 3.8) is 0 Å². The van der Waals surface area contributed by atoms with Gasteiger partial charge in [-0.05, 0) is 38.5 Å². The van der Waals surface area contributed by atoms with E-state index in [0.29, 0.717) is 12.6 Å². The molecule has 1 aromatic carbocycles. The zero-order chi connectivity index (χ0) is 15.1. The molecular weight excluding hydrogens is 260 g/mol. The summed E-state index contributed by atoms with van der Waals surface area (Å²) < 4.78 is 0. The molecule has 0 saturated carbocycles. The van der Waals surface area contributed by atoms with E-state index < -0.39 is 0 Å². The lowest BCUT2D eigenvalue weighted by Crippen LogP contribution is -2.41. The summed E-state index contributed by atoms with van der Waals surface area (Å²) in [4.78, 5) is 7.00. The highest BCUT2D eigenvalue weighted by Gasteiger charge is 2.07. The average Bonchev–Trinajstić information content (AvgIpc) is 2.99. The number of anilines is 1. The average molecular weight is 286 g/mol. The fourth-order valence-electron chi connectivity index (χ4n) is 2.30. The Morgan fingerprint density at radius 2 is 2.05 bits per heavy atom. The van der Waals surface area contributed by atoms with Crippen molar-refractivity contribution in [2.24, 2.45) is 4.99 Å². The Kier molecular flexibility index (Phi) is 5.67. The summed E-state index contributed by atoms with van der Waals surface area (Å²) >= 11 is 0. The molecular formula is C17H26N4. The predicted octanol–water partition coefficient (Wildman–Crippen LogP) is 2.53. The number of hydrogen-bond donors (Lipinski definition) is 2. The van der Waals surface area contributed by atoms with Crippen molar-refractivity contribution in [3.05, 3.63) is 42.0 Å². The fraction of sp³-hybridized carbons (Fsp3) is 0.471. The first-order chi connectivity index (χ1) is 10.2. The molecule has 0 amide bonds. The van der Waals surface area contributed by atoms with E-state index in [1.165, 1.54) is 11.3 Å². The topological polar surface area (TPSA) is 39.7 Å². The molecule has 0 aliphatic carbocycles. The molecule has 1 aliphatic rings. The minimum Gasteiger partial charge on any atom is -0.364 e. The van der Waals surface area contributed by atoms with Crippen LogP contribution < -0.4 is 15.5 Å². The summed E-state index contributed by atoms with van der Waals surface area (Å²) in [5.74, 6) is 0.876. The van der Waals surface area contributed by atoms with Crippen molar-refractivity contribution in [2.75, 3.05) is 24.5 Å². The SMILES string of the molecule is CCNC(=NCc1cccc(N2CC=CC2)c1)NC(C)C. The standard InChI is InChI=1S/C17H26N4/c1-4-18-17(20-14(2)3)19-13-15-8-7-9-16(12-15)21-10-5-6-11-21/h5-9,12,14H,4,10-11,13H2,1-3H3,(H2,18,19,20). The van der Waals surface area contributed by atoms with E-state index in [0.717, 1.165) is 25.6 Å². The van der Waals surface area contributed by atoms with E-state index in [4.69, 9.17) is 0 Å². The zero-order valence-electron chi connectivity index (χ0n) is 13.3. The summed E-state index contributed by atoms with van der Waals surface area (Å²) in [7, 11) is 0. The predicted molar refractivity (Wildman–Crippen MR) is 90.9 cm³/mol. The van der Waals surface area contributed by atoms with Crippen molar-refractivity contribution in [2.45, 2.75) is 33.4 Å². The highest BCUT2D eigenvalue weighted by Crippen LogP contribution is 2.18. The number of nitrogens with one attached hydrogen (secondary N) is 2. The molecule has 0 radical (unpaired) electrons. The van der Waals surface area contributed by atoms with Gasteiger partial charge in [0.05, 0.1) is 6.54 Å². The van der Waals surface area contributed by atoms with Gasteiger partial charge in [-0.3, -0.25) is 0 Å². The minimum atomic E-state index is 0.379. The van der Waals surface area contributed by atoms with Gasteiger partial charge in [-0.2, -0.15) is 0 Å². The monoisotopic (exact) mass is 286 g/mol. The number of hydrogen-bond acceptors (Lipinski definition) is 2. The summed E-state index contributed by atoms with van der Waals surface area (Å²) in [6.45, 7) is 9.89. The fourth-order valence-corrected chi connectivity index (χ4v) is 2.30. The molecule has 0 unspecified atom stereocenters. The van der Waals surface area contributed by atoms with Crippen LogP contribution in [0.2, 0.25) is 0 Å². The van der Waals surface area contributed by atoms with Gasteiger partial charge in [-0.25, -0.2) is 4.99 Å². The van der Waals surface area contributed by atoms with Crippen LogP contribution in [-0.2, 0) is 6.54 Å². The highest BCUT2D eigenvalue weighted by atomic mass is 15.2. The lowest BCUT2D eigenvalue weighted by atomic mass is 10.2. The Hall–Kier alpha value is -1.97. The van der Waals surface area contributed by atoms with E-state index in [2.05, 4.69) is 77.7 Å². The summed E-state index contributed by atoms with van der Waals surface area (Å²) in [5.41, 5.74) is 2.51. The molecule has 4 heteroatoms. The molecule has 1 heterocycles. The number of rotatable bonds is 5. The number of guanidine groups is 1. The van der Waals surface area contributed by atoms with Gasteiger partial charge >= 0.3 is 0 Å². The maximum absolute atomic E-state index is 4.65. The quantitative estimate of drug-likeness (QED) is 0.496. The van der Waals surface area contributed by atoms with Gasteiger partial charge in [0.25, 0.3) is 0 Å². The van der Waals surface area contributed by atoms with E-state index in [1.54, 1.807) is 0 Å². The van der Waals surface area contributed by atoms with Crippen molar-refractivity contribution in [3.8, 4) is 0 Å². The first kappa shape index (κ1) is 15.4. The Balaban J connectivity index is 2.02. The Bertz CT molecular complexity index is 497. The van der Waals surface area contributed by atoms with Gasteiger partial charge in [0.2, 0.25) is 0 Å². The van der Waals surface area contributed by atoms with Crippen LogP contribution in [0.25, 0.3) is 0 Å². The third-order valence-electron chi connectivity index (χ3n) is 3.28.